The number of amidine groups is 1. The fourth-order valence-corrected chi connectivity index (χ4v) is 4.58. The van der Waals surface area contributed by atoms with Crippen LogP contribution in [0.1, 0.15) is 44.4 Å². The number of thioether (sulfide) groups is 1. The number of carbonyl (C=O) groups is 2. The Balaban J connectivity index is 1.92. The fourth-order valence-electron chi connectivity index (χ4n) is 3.62. The van der Waals surface area contributed by atoms with Crippen molar-refractivity contribution in [3.05, 3.63) is 57.8 Å². The minimum Gasteiger partial charge on any atom is -0.459 e. The van der Waals surface area contributed by atoms with Crippen LogP contribution >= 0.6 is 11.8 Å². The molecule has 1 amide bonds. The summed E-state index contributed by atoms with van der Waals surface area (Å²) in [5, 5.41) is 5.69. The van der Waals surface area contributed by atoms with Gasteiger partial charge in [0.1, 0.15) is 0 Å². The molecule has 0 saturated heterocycles. The summed E-state index contributed by atoms with van der Waals surface area (Å²) in [6.45, 7) is 8.90. The Labute approximate surface area is 194 Å². The molecule has 0 saturated carbocycles. The second-order valence-electron chi connectivity index (χ2n) is 8.59. The largest absolute Gasteiger partial charge is 0.459 e. The SMILES string of the molecule is CC1=C(C(=O)OC(C)C)C(c2ccc(C)cc2)N2C(CC(=O)NCCN(C)C)=CSC2=N1. The molecule has 1 aromatic rings. The van der Waals surface area contributed by atoms with E-state index in [2.05, 4.69) is 10.3 Å². The standard InChI is InChI=1S/C24H32N4O3S/c1-15(2)31-23(30)21-17(4)26-24-28(22(21)18-9-7-16(3)8-10-18)19(14-32-24)13-20(29)25-11-12-27(5)6/h7-10,14-15,22H,11-13H2,1-6H3,(H,25,29). The molecule has 0 spiro atoms. The zero-order valence-corrected chi connectivity index (χ0v) is 20.5. The monoisotopic (exact) mass is 456 g/mol. The molecule has 1 N–H and O–H groups in total. The van der Waals surface area contributed by atoms with Gasteiger partial charge in [0.25, 0.3) is 0 Å². The predicted molar refractivity (Wildman–Crippen MR) is 129 cm³/mol. The maximum Gasteiger partial charge on any atom is 0.338 e. The van der Waals surface area contributed by atoms with E-state index in [1.165, 1.54) is 11.8 Å². The van der Waals surface area contributed by atoms with Crippen LogP contribution in [-0.4, -0.2) is 60.1 Å². The van der Waals surface area contributed by atoms with Gasteiger partial charge in [0.15, 0.2) is 5.17 Å². The topological polar surface area (TPSA) is 74.2 Å². The van der Waals surface area contributed by atoms with Gasteiger partial charge in [-0.3, -0.25) is 4.79 Å². The van der Waals surface area contributed by atoms with Crippen LogP contribution in [0.15, 0.2) is 51.6 Å². The number of amides is 1. The highest BCUT2D eigenvalue weighted by Gasteiger charge is 2.41. The van der Waals surface area contributed by atoms with E-state index in [1.807, 2.05) is 81.3 Å². The van der Waals surface area contributed by atoms with E-state index in [0.717, 1.165) is 28.5 Å². The minimum atomic E-state index is -0.398. The van der Waals surface area contributed by atoms with Crippen molar-refractivity contribution < 1.29 is 14.3 Å². The number of hydrogen-bond donors (Lipinski definition) is 1. The zero-order chi connectivity index (χ0) is 23.4. The Morgan fingerprint density at radius 3 is 2.53 bits per heavy atom. The third kappa shape index (κ3) is 5.61. The maximum atomic E-state index is 13.1. The van der Waals surface area contributed by atoms with Gasteiger partial charge in [-0.05, 0) is 52.8 Å². The van der Waals surface area contributed by atoms with Crippen molar-refractivity contribution in [3.63, 3.8) is 0 Å². The van der Waals surface area contributed by atoms with Gasteiger partial charge in [-0.15, -0.1) is 0 Å². The number of allylic oxidation sites excluding steroid dienone is 1. The summed E-state index contributed by atoms with van der Waals surface area (Å²) >= 11 is 1.48. The molecule has 1 atom stereocenters. The van der Waals surface area contributed by atoms with Gasteiger partial charge in [0, 0.05) is 18.8 Å². The first kappa shape index (κ1) is 24.1. The highest BCUT2D eigenvalue weighted by atomic mass is 32.2. The molecule has 2 aliphatic rings. The number of carbonyl (C=O) groups excluding carboxylic acids is 2. The van der Waals surface area contributed by atoms with Gasteiger partial charge in [-0.1, -0.05) is 41.6 Å². The molecular weight excluding hydrogens is 424 g/mol. The van der Waals surface area contributed by atoms with Crippen LogP contribution in [-0.2, 0) is 14.3 Å². The van der Waals surface area contributed by atoms with Crippen molar-refractivity contribution in [3.8, 4) is 0 Å². The summed E-state index contributed by atoms with van der Waals surface area (Å²) in [6.07, 6.45) is -0.0230. The number of benzene rings is 1. The van der Waals surface area contributed by atoms with Crippen LogP contribution in [0.3, 0.4) is 0 Å². The number of aryl methyl sites for hydroxylation is 1. The van der Waals surface area contributed by atoms with Gasteiger partial charge in [0.2, 0.25) is 5.91 Å². The molecule has 2 aliphatic heterocycles. The Bertz CT molecular complexity index is 964. The molecule has 0 radical (unpaired) electrons. The first-order chi connectivity index (χ1) is 15.2. The molecule has 172 valence electrons. The van der Waals surface area contributed by atoms with Crippen molar-refractivity contribution in [1.29, 1.82) is 0 Å². The third-order valence-electron chi connectivity index (χ3n) is 5.18. The second-order valence-corrected chi connectivity index (χ2v) is 9.42. The molecule has 0 aliphatic carbocycles. The van der Waals surface area contributed by atoms with Crippen LogP contribution in [0, 0.1) is 6.92 Å². The smallest absolute Gasteiger partial charge is 0.338 e. The molecule has 1 aromatic carbocycles. The maximum absolute atomic E-state index is 13.1. The zero-order valence-electron chi connectivity index (χ0n) is 19.6. The summed E-state index contributed by atoms with van der Waals surface area (Å²) < 4.78 is 5.57. The summed E-state index contributed by atoms with van der Waals surface area (Å²) in [5.74, 6) is -0.433. The Morgan fingerprint density at radius 1 is 1.22 bits per heavy atom. The number of fused-ring (bicyclic) bond motifs is 1. The third-order valence-corrected chi connectivity index (χ3v) is 6.07. The highest BCUT2D eigenvalue weighted by Crippen LogP contribution is 2.44. The van der Waals surface area contributed by atoms with E-state index in [4.69, 9.17) is 4.74 Å². The molecule has 7 nitrogen and oxygen atoms in total. The molecule has 32 heavy (non-hydrogen) atoms. The number of rotatable bonds is 8. The van der Waals surface area contributed by atoms with Crippen LogP contribution in [0.2, 0.25) is 0 Å². The summed E-state index contributed by atoms with van der Waals surface area (Å²) in [5.41, 5.74) is 4.07. The Hall–Kier alpha value is -2.58. The van der Waals surface area contributed by atoms with Gasteiger partial charge >= 0.3 is 5.97 Å². The average molecular weight is 457 g/mol. The quantitative estimate of drug-likeness (QED) is 0.603. The lowest BCUT2D eigenvalue weighted by Crippen LogP contribution is -2.39. The molecule has 8 heteroatoms. The molecule has 2 heterocycles. The Kier molecular flexibility index (Phi) is 7.79. The lowest BCUT2D eigenvalue weighted by molar-refractivity contribution is -0.143. The van der Waals surface area contributed by atoms with Gasteiger partial charge in [-0.2, -0.15) is 0 Å². The molecular formula is C24H32N4O3S. The molecule has 0 fully saturated rings. The first-order valence-corrected chi connectivity index (χ1v) is 11.7. The van der Waals surface area contributed by atoms with E-state index in [0.29, 0.717) is 17.8 Å². The first-order valence-electron chi connectivity index (χ1n) is 10.8. The fraction of sp³-hybridized carbons (Fsp3) is 0.458. The lowest BCUT2D eigenvalue weighted by Gasteiger charge is -2.36. The van der Waals surface area contributed by atoms with Crippen molar-refractivity contribution >= 4 is 28.8 Å². The number of nitrogens with zero attached hydrogens (tertiary/aromatic N) is 3. The van der Waals surface area contributed by atoms with Crippen molar-refractivity contribution in [2.75, 3.05) is 27.2 Å². The summed E-state index contributed by atoms with van der Waals surface area (Å²) in [4.78, 5) is 34.4. The second kappa shape index (κ2) is 10.4. The number of aliphatic imine (C=N–C) groups is 1. The van der Waals surface area contributed by atoms with E-state index in [1.54, 1.807) is 0 Å². The summed E-state index contributed by atoms with van der Waals surface area (Å²) in [7, 11) is 3.94. The van der Waals surface area contributed by atoms with E-state index < -0.39 is 6.04 Å². The van der Waals surface area contributed by atoms with E-state index in [-0.39, 0.29) is 24.4 Å². The van der Waals surface area contributed by atoms with Crippen molar-refractivity contribution in [1.82, 2.24) is 15.1 Å². The lowest BCUT2D eigenvalue weighted by atomic mass is 9.93. The van der Waals surface area contributed by atoms with Crippen LogP contribution < -0.4 is 5.32 Å². The molecule has 1 unspecified atom stereocenters. The normalized spacial score (nSPS) is 18.0. The average Bonchev–Trinajstić information content (AvgIpc) is 3.08. The number of nitrogens with one attached hydrogen (secondary N) is 1. The van der Waals surface area contributed by atoms with E-state index >= 15 is 0 Å². The molecule has 0 aromatic heterocycles. The van der Waals surface area contributed by atoms with Gasteiger partial charge in [0.05, 0.1) is 29.8 Å². The van der Waals surface area contributed by atoms with Gasteiger partial charge in [-0.25, -0.2) is 9.79 Å². The number of esters is 1. The van der Waals surface area contributed by atoms with Crippen LogP contribution in [0.25, 0.3) is 0 Å². The van der Waals surface area contributed by atoms with E-state index in [9.17, 15) is 9.59 Å². The number of hydrogen-bond acceptors (Lipinski definition) is 7. The van der Waals surface area contributed by atoms with Crippen LogP contribution in [0.4, 0.5) is 0 Å². The van der Waals surface area contributed by atoms with Crippen molar-refractivity contribution in [2.24, 2.45) is 4.99 Å². The number of ether oxygens (including phenoxy) is 1. The van der Waals surface area contributed by atoms with Crippen LogP contribution in [0.5, 0.6) is 0 Å². The number of likely N-dealkylation sites (N-methyl/N-ethyl adjacent to an activating group) is 1. The summed E-state index contributed by atoms with van der Waals surface area (Å²) in [6, 6.07) is 7.71. The van der Waals surface area contributed by atoms with Crippen molar-refractivity contribution in [2.45, 2.75) is 46.3 Å². The molecule has 0 bridgehead atoms. The molecule has 3 rings (SSSR count). The highest BCUT2D eigenvalue weighted by molar-refractivity contribution is 8.16. The minimum absolute atomic E-state index is 0.0554. The predicted octanol–water partition coefficient (Wildman–Crippen LogP) is 3.59. The van der Waals surface area contributed by atoms with Gasteiger partial charge < -0.3 is 19.9 Å². The Morgan fingerprint density at radius 2 is 1.91 bits per heavy atom.